The van der Waals surface area contributed by atoms with Crippen LogP contribution in [0, 0.1) is 0 Å². The van der Waals surface area contributed by atoms with Crippen LogP contribution < -0.4 is 11.2 Å². The highest BCUT2D eigenvalue weighted by molar-refractivity contribution is 9.10. The van der Waals surface area contributed by atoms with Crippen LogP contribution in [0.5, 0.6) is 0 Å². The van der Waals surface area contributed by atoms with Crippen molar-refractivity contribution in [2.45, 2.75) is 25.3 Å². The van der Waals surface area contributed by atoms with Crippen molar-refractivity contribution in [1.82, 2.24) is 9.13 Å². The molecule has 0 aromatic carbocycles. The Morgan fingerprint density at radius 1 is 1.14 bits per heavy atom. The Labute approximate surface area is 129 Å². The van der Waals surface area contributed by atoms with E-state index in [9.17, 15) is 19.8 Å². The third-order valence-electron chi connectivity index (χ3n) is 2.71. The van der Waals surface area contributed by atoms with Crippen LogP contribution in [0.2, 0.25) is 0 Å². The second kappa shape index (κ2) is 8.44. The minimum Gasteiger partial charge on any atom is -0.389 e. The minimum atomic E-state index is -0.980. The predicted molar refractivity (Wildman–Crippen MR) is 78.4 cm³/mol. The molecule has 2 unspecified atom stereocenters. The fraction of sp³-hybridized carbons (Fsp3) is 0.667. The van der Waals surface area contributed by atoms with Crippen molar-refractivity contribution in [2.24, 2.45) is 0 Å². The van der Waals surface area contributed by atoms with Crippen molar-refractivity contribution < 1.29 is 19.7 Å². The maximum atomic E-state index is 12.2. The number of hydrogen-bond acceptors (Lipinski definition) is 6. The molecule has 0 bridgehead atoms. The van der Waals surface area contributed by atoms with E-state index in [2.05, 4.69) is 15.9 Å². The number of hydrogen-bond donors (Lipinski definition) is 2. The molecule has 0 aliphatic heterocycles. The van der Waals surface area contributed by atoms with E-state index < -0.39 is 23.5 Å². The van der Waals surface area contributed by atoms with Gasteiger partial charge < -0.3 is 19.7 Å². The zero-order valence-corrected chi connectivity index (χ0v) is 13.4. The van der Waals surface area contributed by atoms with Crippen LogP contribution in [0.25, 0.3) is 0 Å². The first-order valence-corrected chi connectivity index (χ1v) is 7.03. The summed E-state index contributed by atoms with van der Waals surface area (Å²) in [7, 11) is 2.84. The quantitative estimate of drug-likeness (QED) is 0.598. The number of halogens is 1. The lowest BCUT2D eigenvalue weighted by Crippen LogP contribution is -2.44. The standard InChI is InChI=1S/C12H19BrN2O6/c1-20-6-8(16)3-14-5-10(13)11(18)15(12(14)19)4-9(17)7-21-2/h5,8-9,16-17H,3-4,6-7H2,1-2H3. The van der Waals surface area contributed by atoms with Gasteiger partial charge in [0.15, 0.2) is 0 Å². The van der Waals surface area contributed by atoms with Crippen molar-refractivity contribution >= 4 is 15.9 Å². The zero-order chi connectivity index (χ0) is 16.0. The number of aromatic nitrogens is 2. The topological polar surface area (TPSA) is 103 Å². The van der Waals surface area contributed by atoms with E-state index in [4.69, 9.17) is 9.47 Å². The van der Waals surface area contributed by atoms with E-state index in [1.807, 2.05) is 0 Å². The molecule has 21 heavy (non-hydrogen) atoms. The maximum Gasteiger partial charge on any atom is 0.331 e. The molecule has 0 spiro atoms. The Morgan fingerprint density at radius 2 is 1.67 bits per heavy atom. The summed E-state index contributed by atoms with van der Waals surface area (Å²) in [4.78, 5) is 24.2. The van der Waals surface area contributed by atoms with Gasteiger partial charge in [0.2, 0.25) is 0 Å². The Morgan fingerprint density at radius 3 is 2.19 bits per heavy atom. The minimum absolute atomic E-state index is 0.00466. The van der Waals surface area contributed by atoms with Gasteiger partial charge in [0.1, 0.15) is 0 Å². The fourth-order valence-corrected chi connectivity index (χ4v) is 2.30. The summed E-state index contributed by atoms with van der Waals surface area (Å²) < 4.78 is 11.8. The molecule has 1 aromatic rings. The highest BCUT2D eigenvalue weighted by atomic mass is 79.9. The molecule has 0 fully saturated rings. The molecule has 0 aliphatic rings. The van der Waals surface area contributed by atoms with Crippen LogP contribution in [0.1, 0.15) is 0 Å². The summed E-state index contributed by atoms with van der Waals surface area (Å²) in [6.07, 6.45) is -0.551. The molecule has 2 N–H and O–H groups in total. The van der Waals surface area contributed by atoms with Crippen LogP contribution in [0.4, 0.5) is 0 Å². The smallest absolute Gasteiger partial charge is 0.331 e. The van der Waals surface area contributed by atoms with Gasteiger partial charge in [-0.2, -0.15) is 0 Å². The third kappa shape index (κ3) is 5.04. The van der Waals surface area contributed by atoms with Gasteiger partial charge in [-0.25, -0.2) is 4.79 Å². The molecule has 1 aromatic heterocycles. The first-order chi connectivity index (χ1) is 9.90. The highest BCUT2D eigenvalue weighted by Crippen LogP contribution is 2.01. The lowest BCUT2D eigenvalue weighted by atomic mass is 10.3. The van der Waals surface area contributed by atoms with Gasteiger partial charge in [0, 0.05) is 20.4 Å². The van der Waals surface area contributed by atoms with Crippen LogP contribution in [-0.2, 0) is 22.6 Å². The summed E-state index contributed by atoms with van der Waals surface area (Å²) in [5, 5.41) is 19.4. The average Bonchev–Trinajstić information content (AvgIpc) is 2.41. The fourth-order valence-electron chi connectivity index (χ4n) is 1.84. The number of methoxy groups -OCH3 is 2. The number of aliphatic hydroxyl groups excluding tert-OH is 2. The summed E-state index contributed by atoms with van der Waals surface area (Å²) in [5.41, 5.74) is -1.17. The molecule has 2 atom stereocenters. The lowest BCUT2D eigenvalue weighted by Gasteiger charge is -2.16. The molecule has 0 saturated heterocycles. The summed E-state index contributed by atoms with van der Waals surface area (Å²) in [6.45, 7) is -0.141. The third-order valence-corrected chi connectivity index (χ3v) is 3.26. The molecule has 9 heteroatoms. The van der Waals surface area contributed by atoms with Crippen molar-refractivity contribution in [3.05, 3.63) is 31.5 Å². The van der Waals surface area contributed by atoms with Gasteiger partial charge in [-0.15, -0.1) is 0 Å². The van der Waals surface area contributed by atoms with Crippen molar-refractivity contribution in [3.8, 4) is 0 Å². The number of ether oxygens (including phenoxy) is 2. The molecular formula is C12H19BrN2O6. The molecule has 120 valence electrons. The highest BCUT2D eigenvalue weighted by Gasteiger charge is 2.15. The Hall–Kier alpha value is -1.00. The molecule has 0 saturated carbocycles. The summed E-state index contributed by atoms with van der Waals surface area (Å²) in [6, 6.07) is 0. The second-order valence-corrected chi connectivity index (χ2v) is 5.40. The van der Waals surface area contributed by atoms with Gasteiger partial charge >= 0.3 is 5.69 Å². The number of nitrogens with zero attached hydrogens (tertiary/aromatic N) is 2. The monoisotopic (exact) mass is 366 g/mol. The van der Waals surface area contributed by atoms with Crippen LogP contribution in [-0.4, -0.2) is 59.0 Å². The van der Waals surface area contributed by atoms with Gasteiger partial charge in [0.25, 0.3) is 5.56 Å². The van der Waals surface area contributed by atoms with E-state index >= 15 is 0 Å². The number of aliphatic hydroxyl groups is 2. The van der Waals surface area contributed by atoms with E-state index in [0.717, 1.165) is 4.57 Å². The van der Waals surface area contributed by atoms with Gasteiger partial charge in [-0.1, -0.05) is 0 Å². The van der Waals surface area contributed by atoms with Crippen molar-refractivity contribution in [1.29, 1.82) is 0 Å². The average molecular weight is 367 g/mol. The second-order valence-electron chi connectivity index (χ2n) is 4.55. The largest absolute Gasteiger partial charge is 0.389 e. The maximum absolute atomic E-state index is 12.2. The molecule has 0 radical (unpaired) electrons. The van der Waals surface area contributed by atoms with E-state index in [0.29, 0.717) is 0 Å². The van der Waals surface area contributed by atoms with Gasteiger partial charge in [0.05, 0.1) is 43.0 Å². The van der Waals surface area contributed by atoms with Crippen molar-refractivity contribution in [2.75, 3.05) is 27.4 Å². The van der Waals surface area contributed by atoms with E-state index in [-0.39, 0.29) is 30.8 Å². The Bertz CT molecular complexity index is 570. The Kier molecular flexibility index (Phi) is 7.26. The molecule has 0 amide bonds. The molecule has 8 nitrogen and oxygen atoms in total. The zero-order valence-electron chi connectivity index (χ0n) is 11.9. The Balaban J connectivity index is 3.10. The first-order valence-electron chi connectivity index (χ1n) is 6.24. The lowest BCUT2D eigenvalue weighted by molar-refractivity contribution is 0.0476. The van der Waals surface area contributed by atoms with Crippen molar-refractivity contribution in [3.63, 3.8) is 0 Å². The van der Waals surface area contributed by atoms with E-state index in [1.54, 1.807) is 0 Å². The SMILES string of the molecule is COCC(O)Cn1cc(Br)c(=O)n(CC(O)COC)c1=O. The first kappa shape index (κ1) is 18.1. The summed E-state index contributed by atoms with van der Waals surface area (Å²) >= 11 is 3.07. The molecule has 1 rings (SSSR count). The van der Waals surface area contributed by atoms with Crippen LogP contribution in [0.15, 0.2) is 20.3 Å². The summed E-state index contributed by atoms with van der Waals surface area (Å²) in [5.74, 6) is 0. The van der Waals surface area contributed by atoms with Crippen LogP contribution >= 0.6 is 15.9 Å². The predicted octanol–water partition coefficient (Wildman–Crippen LogP) is -1.21. The van der Waals surface area contributed by atoms with E-state index in [1.165, 1.54) is 25.0 Å². The normalized spacial score (nSPS) is 14.1. The molecular weight excluding hydrogens is 348 g/mol. The molecule has 0 aliphatic carbocycles. The van der Waals surface area contributed by atoms with Gasteiger partial charge in [-0.3, -0.25) is 13.9 Å². The molecule has 1 heterocycles. The van der Waals surface area contributed by atoms with Crippen LogP contribution in [0.3, 0.4) is 0 Å². The number of rotatable bonds is 8. The van der Waals surface area contributed by atoms with Gasteiger partial charge in [-0.05, 0) is 15.9 Å².